The molecule has 11 aromatic rings. The predicted molar refractivity (Wildman–Crippen MR) is 228 cm³/mol. The molecule has 0 amide bonds. The van der Waals surface area contributed by atoms with Gasteiger partial charge in [0.25, 0.3) is 0 Å². The Balaban J connectivity index is 1.16. The van der Waals surface area contributed by atoms with Gasteiger partial charge in [-0.15, -0.1) is 11.3 Å². The van der Waals surface area contributed by atoms with Crippen LogP contribution in [0.15, 0.2) is 174 Å². The van der Waals surface area contributed by atoms with Gasteiger partial charge in [0.15, 0.2) is 5.82 Å². The number of nitrogens with zero attached hydrogens (tertiary/aromatic N) is 2. The van der Waals surface area contributed by atoms with E-state index in [1.54, 1.807) is 11.3 Å². The molecule has 0 bridgehead atoms. The molecule has 0 unspecified atom stereocenters. The van der Waals surface area contributed by atoms with Crippen LogP contribution in [0.2, 0.25) is 0 Å². The van der Waals surface area contributed by atoms with Crippen molar-refractivity contribution in [2.45, 2.75) is 5.41 Å². The molecule has 0 N–H and O–H groups in total. The number of rotatable bonds is 2. The van der Waals surface area contributed by atoms with Gasteiger partial charge in [0, 0.05) is 43.1 Å². The normalized spacial score (nSPS) is 13.6. The standard InChI is InChI=1S/C51H28N2O2S/c1-2-13-30-28-40-36(26-29(30)12-1)46-34(16-11-19-39(46)51(40)37-17-5-8-21-43(37)55-44-22-9-6-18-38(44)51)48-49-47(33-15-4-10-23-45(33)56-49)52-50(53-48)31-24-25-42-35(27-31)32-14-3-7-20-41(32)54-42/h1-28H. The molecule has 0 atom stereocenters. The summed E-state index contributed by atoms with van der Waals surface area (Å²) >= 11 is 1.77. The molecule has 3 aromatic heterocycles. The lowest BCUT2D eigenvalue weighted by molar-refractivity contribution is 0.436. The molecule has 0 saturated heterocycles. The van der Waals surface area contributed by atoms with Gasteiger partial charge in [-0.3, -0.25) is 0 Å². The van der Waals surface area contributed by atoms with Gasteiger partial charge < -0.3 is 9.15 Å². The first-order chi connectivity index (χ1) is 27.7. The van der Waals surface area contributed by atoms with Crippen LogP contribution in [0.3, 0.4) is 0 Å². The van der Waals surface area contributed by atoms with Crippen LogP contribution < -0.4 is 4.74 Å². The fourth-order valence-electron chi connectivity index (χ4n) is 9.60. The van der Waals surface area contributed by atoms with Gasteiger partial charge in [0.05, 0.1) is 21.3 Å². The van der Waals surface area contributed by atoms with Crippen molar-refractivity contribution < 1.29 is 9.15 Å². The van der Waals surface area contributed by atoms with Crippen LogP contribution in [0.1, 0.15) is 22.3 Å². The number of para-hydroxylation sites is 3. The third-order valence-electron chi connectivity index (χ3n) is 11.9. The van der Waals surface area contributed by atoms with Gasteiger partial charge in [0.2, 0.25) is 0 Å². The number of hydrogen-bond donors (Lipinski definition) is 0. The highest BCUT2D eigenvalue weighted by Crippen LogP contribution is 2.64. The highest BCUT2D eigenvalue weighted by Gasteiger charge is 2.52. The maximum Gasteiger partial charge on any atom is 0.160 e. The van der Waals surface area contributed by atoms with Gasteiger partial charge in [-0.25, -0.2) is 9.97 Å². The van der Waals surface area contributed by atoms with Crippen LogP contribution in [0, 0.1) is 0 Å². The molecule has 8 aromatic carbocycles. The smallest absolute Gasteiger partial charge is 0.160 e. The zero-order valence-corrected chi connectivity index (χ0v) is 30.6. The van der Waals surface area contributed by atoms with E-state index in [0.717, 1.165) is 77.0 Å². The van der Waals surface area contributed by atoms with Crippen molar-refractivity contribution in [1.29, 1.82) is 0 Å². The summed E-state index contributed by atoms with van der Waals surface area (Å²) in [5.41, 5.74) is 12.2. The van der Waals surface area contributed by atoms with Crippen molar-refractivity contribution in [3.8, 4) is 45.3 Å². The van der Waals surface area contributed by atoms with Crippen LogP contribution in [-0.2, 0) is 5.41 Å². The van der Waals surface area contributed by atoms with Crippen LogP contribution in [0.5, 0.6) is 11.5 Å². The Morgan fingerprint density at radius 1 is 0.482 bits per heavy atom. The molecule has 0 radical (unpaired) electrons. The summed E-state index contributed by atoms with van der Waals surface area (Å²) in [5, 5.41) is 5.68. The Bertz CT molecular complexity index is 3440. The molecule has 4 heterocycles. The van der Waals surface area contributed by atoms with E-state index in [1.807, 2.05) is 12.1 Å². The van der Waals surface area contributed by atoms with Crippen molar-refractivity contribution in [1.82, 2.24) is 9.97 Å². The second-order valence-electron chi connectivity index (χ2n) is 14.8. The second kappa shape index (κ2) is 11.0. The maximum atomic E-state index is 6.68. The highest BCUT2D eigenvalue weighted by molar-refractivity contribution is 7.26. The number of furan rings is 1. The lowest BCUT2D eigenvalue weighted by Gasteiger charge is -2.39. The molecule has 1 spiro atoms. The molecule has 260 valence electrons. The van der Waals surface area contributed by atoms with E-state index in [-0.39, 0.29) is 0 Å². The Labute approximate surface area is 324 Å². The topological polar surface area (TPSA) is 48.2 Å². The minimum atomic E-state index is -0.612. The van der Waals surface area contributed by atoms with E-state index < -0.39 is 5.41 Å². The van der Waals surface area contributed by atoms with Crippen molar-refractivity contribution >= 4 is 64.4 Å². The summed E-state index contributed by atoms with van der Waals surface area (Å²) in [6.07, 6.45) is 0. The lowest BCUT2D eigenvalue weighted by Crippen LogP contribution is -2.32. The van der Waals surface area contributed by atoms with Crippen molar-refractivity contribution in [2.24, 2.45) is 0 Å². The molecule has 56 heavy (non-hydrogen) atoms. The average Bonchev–Trinajstić information content (AvgIpc) is 3.91. The molecule has 0 fully saturated rings. The van der Waals surface area contributed by atoms with E-state index >= 15 is 0 Å². The molecule has 5 heteroatoms. The minimum Gasteiger partial charge on any atom is -0.457 e. The Hall–Kier alpha value is -7.08. The van der Waals surface area contributed by atoms with E-state index in [1.165, 1.54) is 37.7 Å². The predicted octanol–water partition coefficient (Wildman–Crippen LogP) is 13.7. The summed E-state index contributed by atoms with van der Waals surface area (Å²) in [7, 11) is 0. The van der Waals surface area contributed by atoms with Gasteiger partial charge >= 0.3 is 0 Å². The first kappa shape index (κ1) is 30.3. The molecule has 0 saturated carbocycles. The Morgan fingerprint density at radius 3 is 2.00 bits per heavy atom. The number of fused-ring (bicyclic) bond motifs is 16. The van der Waals surface area contributed by atoms with Crippen molar-refractivity contribution in [3.63, 3.8) is 0 Å². The number of ether oxygens (including phenoxy) is 1. The van der Waals surface area contributed by atoms with E-state index in [2.05, 4.69) is 158 Å². The van der Waals surface area contributed by atoms with E-state index in [0.29, 0.717) is 5.82 Å². The fraction of sp³-hybridized carbons (Fsp3) is 0.0196. The van der Waals surface area contributed by atoms with Crippen molar-refractivity contribution in [3.05, 3.63) is 192 Å². The summed E-state index contributed by atoms with van der Waals surface area (Å²) in [5.74, 6) is 2.44. The molecular weight excluding hydrogens is 705 g/mol. The first-order valence-corrected chi connectivity index (χ1v) is 19.7. The zero-order chi connectivity index (χ0) is 36.5. The minimum absolute atomic E-state index is 0.612. The number of aromatic nitrogens is 2. The monoisotopic (exact) mass is 732 g/mol. The van der Waals surface area contributed by atoms with E-state index in [9.17, 15) is 0 Å². The Morgan fingerprint density at radius 2 is 1.16 bits per heavy atom. The summed E-state index contributed by atoms with van der Waals surface area (Å²) in [6.45, 7) is 0. The third kappa shape index (κ3) is 3.92. The van der Waals surface area contributed by atoms with Crippen LogP contribution in [0.25, 0.3) is 86.8 Å². The quantitative estimate of drug-likeness (QED) is 0.178. The summed E-state index contributed by atoms with van der Waals surface area (Å²) < 4.78 is 15.2. The SMILES string of the molecule is c1ccc2c(c1)Oc1ccccc1C21c2cc3ccccc3cc2-c2c(-c3nc(-c4ccc5oc6ccccc6c5c4)nc4c3sc3ccccc34)cccc21. The second-order valence-corrected chi connectivity index (χ2v) is 15.9. The summed E-state index contributed by atoms with van der Waals surface area (Å²) in [4.78, 5) is 11.0. The molecule has 4 nitrogen and oxygen atoms in total. The molecule has 13 rings (SSSR count). The average molecular weight is 733 g/mol. The van der Waals surface area contributed by atoms with Crippen LogP contribution in [-0.4, -0.2) is 9.97 Å². The summed E-state index contributed by atoms with van der Waals surface area (Å²) in [6, 6.07) is 60.5. The largest absolute Gasteiger partial charge is 0.457 e. The van der Waals surface area contributed by atoms with Crippen molar-refractivity contribution in [2.75, 3.05) is 0 Å². The zero-order valence-electron chi connectivity index (χ0n) is 29.8. The third-order valence-corrected chi connectivity index (χ3v) is 13.1. The van der Waals surface area contributed by atoms with Crippen LogP contribution in [0.4, 0.5) is 0 Å². The van der Waals surface area contributed by atoms with E-state index in [4.69, 9.17) is 19.1 Å². The van der Waals surface area contributed by atoms with Gasteiger partial charge in [-0.2, -0.15) is 0 Å². The van der Waals surface area contributed by atoms with Gasteiger partial charge in [-0.1, -0.05) is 115 Å². The highest BCUT2D eigenvalue weighted by atomic mass is 32.1. The first-order valence-electron chi connectivity index (χ1n) is 18.9. The maximum absolute atomic E-state index is 6.68. The Kier molecular flexibility index (Phi) is 5.95. The number of thiophene rings is 1. The molecule has 2 aliphatic rings. The molecule has 1 aliphatic heterocycles. The molecular formula is C51H28N2O2S. The number of hydrogen-bond acceptors (Lipinski definition) is 5. The lowest BCUT2D eigenvalue weighted by atomic mass is 9.66. The van der Waals surface area contributed by atoms with Crippen LogP contribution >= 0.6 is 11.3 Å². The number of benzene rings is 8. The fourth-order valence-corrected chi connectivity index (χ4v) is 10.7. The van der Waals surface area contributed by atoms with Gasteiger partial charge in [-0.05, 0) is 87.6 Å². The molecule has 1 aliphatic carbocycles. The van der Waals surface area contributed by atoms with Gasteiger partial charge in [0.1, 0.15) is 22.7 Å².